The Bertz CT molecular complexity index is 1270. The van der Waals surface area contributed by atoms with Gasteiger partial charge in [0.1, 0.15) is 17.6 Å². The second-order valence-corrected chi connectivity index (χ2v) is 7.12. The first-order valence-corrected chi connectivity index (χ1v) is 10.3. The summed E-state index contributed by atoms with van der Waals surface area (Å²) in [4.78, 5) is 11.9. The Kier molecular flexibility index (Phi) is 6.39. The van der Waals surface area contributed by atoms with Crippen molar-refractivity contribution in [2.24, 2.45) is 0 Å². The molecule has 9 heteroatoms. The molecule has 0 bridgehead atoms. The molecule has 0 radical (unpaired) electrons. The summed E-state index contributed by atoms with van der Waals surface area (Å²) in [6.07, 6.45) is 3.14. The lowest BCUT2D eigenvalue weighted by Gasteiger charge is -2.11. The van der Waals surface area contributed by atoms with Crippen molar-refractivity contribution in [2.45, 2.75) is 0 Å². The van der Waals surface area contributed by atoms with Crippen molar-refractivity contribution in [3.63, 3.8) is 0 Å². The lowest BCUT2D eigenvalue weighted by Crippen LogP contribution is -2.29. The third kappa shape index (κ3) is 4.91. The molecule has 0 aliphatic carbocycles. The Morgan fingerprint density at radius 1 is 1.09 bits per heavy atom. The zero-order chi connectivity index (χ0) is 22.3. The van der Waals surface area contributed by atoms with Crippen LogP contribution in [0.1, 0.15) is 5.56 Å². The highest BCUT2D eigenvalue weighted by Gasteiger charge is 2.13. The largest absolute Gasteiger partial charge is 0.457 e. The number of fused-ring (bicyclic) bond motifs is 1. The van der Waals surface area contributed by atoms with Gasteiger partial charge >= 0.3 is 6.03 Å². The number of alkyl halides is 1. The molecule has 3 N–H and O–H groups in total. The fourth-order valence-electron chi connectivity index (χ4n) is 3.05. The van der Waals surface area contributed by atoms with Crippen LogP contribution in [0.3, 0.4) is 0 Å². The number of para-hydroxylation sites is 1. The fourth-order valence-corrected chi connectivity index (χ4v) is 3.15. The molecule has 0 unspecified atom stereocenters. The van der Waals surface area contributed by atoms with Crippen molar-refractivity contribution in [1.29, 1.82) is 5.26 Å². The third-order valence-electron chi connectivity index (χ3n) is 4.50. The van der Waals surface area contributed by atoms with E-state index in [1.807, 2.05) is 54.6 Å². The van der Waals surface area contributed by atoms with Gasteiger partial charge in [-0.15, -0.1) is 11.6 Å². The average Bonchev–Trinajstić information content (AvgIpc) is 3.22. The van der Waals surface area contributed by atoms with E-state index >= 15 is 0 Å². The number of nitrogens with one attached hydrogen (secondary N) is 3. The molecule has 2 aromatic carbocycles. The third-order valence-corrected chi connectivity index (χ3v) is 4.69. The number of carbonyl (C=O) groups excluding carboxylic acids is 1. The van der Waals surface area contributed by atoms with Crippen molar-refractivity contribution in [2.75, 3.05) is 23.1 Å². The van der Waals surface area contributed by atoms with E-state index in [-0.39, 0.29) is 6.03 Å². The summed E-state index contributed by atoms with van der Waals surface area (Å²) >= 11 is 5.59. The van der Waals surface area contributed by atoms with Gasteiger partial charge in [0.25, 0.3) is 0 Å². The van der Waals surface area contributed by atoms with E-state index in [1.54, 1.807) is 16.8 Å². The van der Waals surface area contributed by atoms with Crippen LogP contribution in [0.4, 0.5) is 21.9 Å². The number of benzene rings is 2. The minimum Gasteiger partial charge on any atom is -0.457 e. The molecule has 0 saturated carbocycles. The first-order chi connectivity index (χ1) is 15.7. The van der Waals surface area contributed by atoms with Crippen LogP contribution in [0.2, 0.25) is 0 Å². The molecule has 2 aromatic heterocycles. The molecule has 0 fully saturated rings. The number of anilines is 3. The number of hydrogen-bond donors (Lipinski definition) is 3. The highest BCUT2D eigenvalue weighted by atomic mass is 35.5. The molecule has 8 nitrogen and oxygen atoms in total. The molecule has 2 amide bonds. The highest BCUT2D eigenvalue weighted by Crippen LogP contribution is 2.29. The van der Waals surface area contributed by atoms with Crippen LogP contribution < -0.4 is 20.7 Å². The molecular weight excluding hydrogens is 428 g/mol. The van der Waals surface area contributed by atoms with E-state index in [2.05, 4.69) is 27.1 Å². The first kappa shape index (κ1) is 21.0. The number of urea groups is 1. The quantitative estimate of drug-likeness (QED) is 0.342. The number of hydrogen-bond acceptors (Lipinski definition) is 5. The number of nitriles is 1. The molecule has 2 heterocycles. The minimum absolute atomic E-state index is 0.321. The van der Waals surface area contributed by atoms with Crippen molar-refractivity contribution in [1.82, 2.24) is 14.9 Å². The van der Waals surface area contributed by atoms with Crippen LogP contribution in [0.15, 0.2) is 73.1 Å². The maximum atomic E-state index is 11.9. The fraction of sp³-hybridized carbons (Fsp3) is 0.0870. The first-order valence-electron chi connectivity index (χ1n) is 9.78. The van der Waals surface area contributed by atoms with Gasteiger partial charge in [0.15, 0.2) is 0 Å². The Labute approximate surface area is 189 Å². The van der Waals surface area contributed by atoms with Crippen molar-refractivity contribution in [3.05, 3.63) is 78.6 Å². The molecule has 0 saturated heterocycles. The lowest BCUT2D eigenvalue weighted by molar-refractivity contribution is 0.252. The van der Waals surface area contributed by atoms with Crippen LogP contribution in [0.25, 0.3) is 5.52 Å². The number of halogens is 1. The molecule has 0 atom stereocenters. The van der Waals surface area contributed by atoms with Gasteiger partial charge < -0.3 is 20.7 Å². The summed E-state index contributed by atoms with van der Waals surface area (Å²) < 4.78 is 7.41. The highest BCUT2D eigenvalue weighted by molar-refractivity contribution is 6.18. The van der Waals surface area contributed by atoms with Crippen molar-refractivity contribution >= 4 is 40.2 Å². The Balaban J connectivity index is 1.56. The summed E-state index contributed by atoms with van der Waals surface area (Å²) in [6.45, 7) is 0.356. The standard InChI is InChI=1S/C23H19ClN6O2/c24-10-11-26-23(31)29-18-12-21-22(16(13-25)14-27-30(21)15-18)28-17-6-8-20(9-7-17)32-19-4-2-1-3-5-19/h1-9,12,14-15,28H,10-11H2,(H2,26,29,31). The smallest absolute Gasteiger partial charge is 0.319 e. The number of aromatic nitrogens is 2. The number of ether oxygens (including phenoxy) is 1. The minimum atomic E-state index is -0.370. The number of amides is 2. The topological polar surface area (TPSA) is 103 Å². The van der Waals surface area contributed by atoms with E-state index in [9.17, 15) is 10.1 Å². The molecule has 160 valence electrons. The summed E-state index contributed by atoms with van der Waals surface area (Å²) in [7, 11) is 0. The van der Waals surface area contributed by atoms with Gasteiger partial charge in [-0.1, -0.05) is 18.2 Å². The second kappa shape index (κ2) is 9.73. The zero-order valence-electron chi connectivity index (χ0n) is 16.9. The summed E-state index contributed by atoms with van der Waals surface area (Å²) in [5.41, 5.74) is 2.90. The van der Waals surface area contributed by atoms with Crippen molar-refractivity contribution < 1.29 is 9.53 Å². The monoisotopic (exact) mass is 446 g/mol. The van der Waals surface area contributed by atoms with Gasteiger partial charge in [0, 0.05) is 18.1 Å². The SMILES string of the molecule is N#Cc1cnn2cc(NC(=O)NCCCl)cc2c1Nc1ccc(Oc2ccccc2)cc1. The van der Waals surface area contributed by atoms with Gasteiger partial charge in [0.05, 0.1) is 34.8 Å². The molecule has 0 aliphatic heterocycles. The van der Waals surface area contributed by atoms with Crippen LogP contribution in [-0.4, -0.2) is 28.1 Å². The Morgan fingerprint density at radius 2 is 1.84 bits per heavy atom. The molecule has 4 rings (SSSR count). The van der Waals surface area contributed by atoms with Gasteiger partial charge in [-0.3, -0.25) is 0 Å². The number of nitrogens with zero attached hydrogens (tertiary/aromatic N) is 3. The molecule has 32 heavy (non-hydrogen) atoms. The maximum Gasteiger partial charge on any atom is 0.319 e. The van der Waals surface area contributed by atoms with Crippen LogP contribution in [-0.2, 0) is 0 Å². The average molecular weight is 447 g/mol. The summed E-state index contributed by atoms with van der Waals surface area (Å²) in [5, 5.41) is 22.4. The Morgan fingerprint density at radius 3 is 2.56 bits per heavy atom. The van der Waals surface area contributed by atoms with Crippen LogP contribution >= 0.6 is 11.6 Å². The van der Waals surface area contributed by atoms with Crippen LogP contribution in [0, 0.1) is 11.3 Å². The maximum absolute atomic E-state index is 11.9. The summed E-state index contributed by atoms with van der Waals surface area (Å²) in [5.74, 6) is 1.76. The van der Waals surface area contributed by atoms with Crippen molar-refractivity contribution in [3.8, 4) is 17.6 Å². The van der Waals surface area contributed by atoms with Gasteiger partial charge in [-0.05, 0) is 42.5 Å². The summed E-state index contributed by atoms with van der Waals surface area (Å²) in [6, 6.07) is 20.4. The van der Waals surface area contributed by atoms with E-state index in [0.717, 1.165) is 11.4 Å². The predicted molar refractivity (Wildman–Crippen MR) is 124 cm³/mol. The number of carbonyl (C=O) groups is 1. The molecule has 0 aliphatic rings. The van der Waals surface area contributed by atoms with Gasteiger partial charge in [0.2, 0.25) is 0 Å². The normalized spacial score (nSPS) is 10.4. The molecular formula is C23H19ClN6O2. The van der Waals surface area contributed by atoms with Gasteiger partial charge in [-0.25, -0.2) is 9.31 Å². The predicted octanol–water partition coefficient (Wildman–Crippen LogP) is 5.10. The Hall–Kier alpha value is -4.22. The molecule has 4 aromatic rings. The van der Waals surface area contributed by atoms with E-state index in [0.29, 0.717) is 40.6 Å². The molecule has 0 spiro atoms. The van der Waals surface area contributed by atoms with E-state index in [4.69, 9.17) is 16.3 Å². The lowest BCUT2D eigenvalue weighted by atomic mass is 10.2. The van der Waals surface area contributed by atoms with Gasteiger partial charge in [-0.2, -0.15) is 10.4 Å². The van der Waals surface area contributed by atoms with Crippen LogP contribution in [0.5, 0.6) is 11.5 Å². The van der Waals surface area contributed by atoms with E-state index < -0.39 is 0 Å². The number of rotatable bonds is 7. The zero-order valence-corrected chi connectivity index (χ0v) is 17.6. The second-order valence-electron chi connectivity index (χ2n) is 6.74. The van der Waals surface area contributed by atoms with E-state index in [1.165, 1.54) is 6.20 Å².